The van der Waals surface area contributed by atoms with Crippen LogP contribution in [0.15, 0.2) is 30.3 Å². The van der Waals surface area contributed by atoms with Gasteiger partial charge in [-0.3, -0.25) is 0 Å². The van der Waals surface area contributed by atoms with Crippen molar-refractivity contribution in [1.29, 1.82) is 0 Å². The van der Waals surface area contributed by atoms with Crippen molar-refractivity contribution in [3.8, 4) is 0 Å². The molecular weight excluding hydrogens is 258 g/mol. The molecule has 1 heterocycles. The number of hydrogen-bond acceptors (Lipinski definition) is 2. The van der Waals surface area contributed by atoms with Crippen molar-refractivity contribution in [2.75, 3.05) is 5.73 Å². The molecule has 0 radical (unpaired) electrons. The van der Waals surface area contributed by atoms with E-state index in [1.54, 1.807) is 0 Å². The summed E-state index contributed by atoms with van der Waals surface area (Å²) in [4.78, 5) is 0. The summed E-state index contributed by atoms with van der Waals surface area (Å²) in [5.74, 6) is 1.10. The lowest BCUT2D eigenvalue weighted by atomic mass is 9.97. The van der Waals surface area contributed by atoms with E-state index in [2.05, 4.69) is 31.1 Å². The molecule has 2 rings (SSSR count). The third-order valence-electron chi connectivity index (χ3n) is 3.22. The van der Waals surface area contributed by atoms with Crippen molar-refractivity contribution in [2.45, 2.75) is 33.2 Å². The number of nitrogens with zero attached hydrogens (tertiary/aromatic N) is 2. The van der Waals surface area contributed by atoms with Gasteiger partial charge in [-0.1, -0.05) is 55.8 Å². The molecule has 19 heavy (non-hydrogen) atoms. The molecule has 1 atom stereocenters. The van der Waals surface area contributed by atoms with Gasteiger partial charge in [0.1, 0.15) is 10.8 Å². The van der Waals surface area contributed by atoms with Crippen LogP contribution >= 0.6 is 11.6 Å². The van der Waals surface area contributed by atoms with Crippen molar-refractivity contribution in [2.24, 2.45) is 5.92 Å². The molecule has 3 nitrogen and oxygen atoms in total. The first-order valence-corrected chi connectivity index (χ1v) is 6.93. The largest absolute Gasteiger partial charge is 0.383 e. The summed E-state index contributed by atoms with van der Waals surface area (Å²) in [6, 6.07) is 10.4. The quantitative estimate of drug-likeness (QED) is 0.916. The lowest BCUT2D eigenvalue weighted by Gasteiger charge is -2.21. The second-order valence-electron chi connectivity index (χ2n) is 5.29. The lowest BCUT2D eigenvalue weighted by Crippen LogP contribution is -2.16. The molecule has 2 aromatic rings. The van der Waals surface area contributed by atoms with Crippen LogP contribution in [-0.4, -0.2) is 9.78 Å². The molecule has 0 saturated heterocycles. The molecule has 0 spiro atoms. The van der Waals surface area contributed by atoms with E-state index < -0.39 is 0 Å². The first-order valence-electron chi connectivity index (χ1n) is 6.55. The summed E-state index contributed by atoms with van der Waals surface area (Å²) in [6.45, 7) is 6.28. The zero-order chi connectivity index (χ0) is 14.0. The average Bonchev–Trinajstić information content (AvgIpc) is 2.64. The Bertz CT molecular complexity index is 546. The monoisotopic (exact) mass is 277 g/mol. The predicted molar refractivity (Wildman–Crippen MR) is 80.4 cm³/mol. The fraction of sp³-hybridized carbons (Fsp3) is 0.400. The minimum absolute atomic E-state index is 0.132. The summed E-state index contributed by atoms with van der Waals surface area (Å²) in [7, 11) is 0. The van der Waals surface area contributed by atoms with Crippen LogP contribution in [0.4, 0.5) is 5.82 Å². The fourth-order valence-electron chi connectivity index (χ4n) is 2.28. The Labute approximate surface area is 119 Å². The van der Waals surface area contributed by atoms with Crippen LogP contribution in [0.2, 0.25) is 5.02 Å². The van der Waals surface area contributed by atoms with Gasteiger partial charge in [0.25, 0.3) is 0 Å². The maximum atomic E-state index is 6.16. The Kier molecular flexibility index (Phi) is 4.15. The summed E-state index contributed by atoms with van der Waals surface area (Å²) < 4.78 is 1.85. The van der Waals surface area contributed by atoms with Gasteiger partial charge in [-0.05, 0) is 24.8 Å². The van der Waals surface area contributed by atoms with E-state index in [4.69, 9.17) is 17.3 Å². The molecule has 1 aromatic heterocycles. The van der Waals surface area contributed by atoms with Gasteiger partial charge in [-0.2, -0.15) is 5.10 Å². The molecule has 1 aromatic carbocycles. The highest BCUT2D eigenvalue weighted by Crippen LogP contribution is 2.32. The average molecular weight is 278 g/mol. The summed E-state index contributed by atoms with van der Waals surface area (Å²) in [5, 5.41) is 5.06. The molecule has 0 aliphatic rings. The van der Waals surface area contributed by atoms with Gasteiger partial charge in [0.15, 0.2) is 0 Å². The van der Waals surface area contributed by atoms with Crippen molar-refractivity contribution in [3.05, 3.63) is 46.6 Å². The number of rotatable bonds is 4. The summed E-state index contributed by atoms with van der Waals surface area (Å²) >= 11 is 6.16. The van der Waals surface area contributed by atoms with Gasteiger partial charge < -0.3 is 5.73 Å². The molecule has 102 valence electrons. The normalized spacial score (nSPS) is 12.9. The van der Waals surface area contributed by atoms with Crippen LogP contribution in [0, 0.1) is 12.8 Å². The second-order valence-corrected chi connectivity index (χ2v) is 5.66. The number of aromatic nitrogens is 2. The van der Waals surface area contributed by atoms with Crippen LogP contribution in [0.25, 0.3) is 0 Å². The number of hydrogen-bond donors (Lipinski definition) is 1. The second kappa shape index (κ2) is 5.66. The molecule has 0 aliphatic heterocycles. The molecule has 2 N–H and O–H groups in total. The van der Waals surface area contributed by atoms with Crippen molar-refractivity contribution in [3.63, 3.8) is 0 Å². The Morgan fingerprint density at radius 2 is 1.89 bits per heavy atom. The van der Waals surface area contributed by atoms with Crippen LogP contribution in [0.5, 0.6) is 0 Å². The van der Waals surface area contributed by atoms with Gasteiger partial charge in [0.05, 0.1) is 11.7 Å². The van der Waals surface area contributed by atoms with Gasteiger partial charge in [-0.25, -0.2) is 4.68 Å². The summed E-state index contributed by atoms with van der Waals surface area (Å²) in [6.07, 6.45) is 0.978. The topological polar surface area (TPSA) is 43.8 Å². The van der Waals surface area contributed by atoms with Crippen LogP contribution in [0.1, 0.15) is 37.6 Å². The highest BCUT2D eigenvalue weighted by atomic mass is 35.5. The molecule has 0 aliphatic carbocycles. The van der Waals surface area contributed by atoms with E-state index in [0.29, 0.717) is 16.8 Å². The Morgan fingerprint density at radius 1 is 1.26 bits per heavy atom. The molecule has 4 heteroatoms. The molecule has 0 saturated carbocycles. The van der Waals surface area contributed by atoms with Gasteiger partial charge >= 0.3 is 0 Å². The fourth-order valence-corrected chi connectivity index (χ4v) is 2.41. The first kappa shape index (κ1) is 13.9. The molecule has 0 amide bonds. The van der Waals surface area contributed by atoms with Crippen LogP contribution in [-0.2, 0) is 0 Å². The van der Waals surface area contributed by atoms with E-state index >= 15 is 0 Å². The number of halogens is 1. The van der Waals surface area contributed by atoms with E-state index in [9.17, 15) is 0 Å². The molecule has 0 fully saturated rings. The maximum absolute atomic E-state index is 6.16. The highest BCUT2D eigenvalue weighted by molar-refractivity contribution is 6.33. The van der Waals surface area contributed by atoms with E-state index in [1.807, 2.05) is 29.8 Å². The third kappa shape index (κ3) is 2.92. The van der Waals surface area contributed by atoms with Crippen molar-refractivity contribution >= 4 is 17.4 Å². The molecular formula is C15H20ClN3. The summed E-state index contributed by atoms with van der Waals surface area (Å²) in [5.41, 5.74) is 8.08. The number of anilines is 1. The Morgan fingerprint density at radius 3 is 2.37 bits per heavy atom. The number of nitrogen functional groups attached to an aromatic ring is 1. The Balaban J connectivity index is 2.46. The highest BCUT2D eigenvalue weighted by Gasteiger charge is 2.21. The SMILES string of the molecule is Cc1nn(C(CC(C)C)c2ccccc2)c(N)c1Cl. The number of benzene rings is 1. The lowest BCUT2D eigenvalue weighted by molar-refractivity contribution is 0.424. The predicted octanol–water partition coefficient (Wildman–Crippen LogP) is 4.06. The first-order chi connectivity index (χ1) is 9.00. The number of aryl methyl sites for hydroxylation is 1. The van der Waals surface area contributed by atoms with Crippen molar-refractivity contribution < 1.29 is 0 Å². The van der Waals surface area contributed by atoms with Crippen molar-refractivity contribution in [1.82, 2.24) is 9.78 Å². The third-order valence-corrected chi connectivity index (χ3v) is 3.69. The minimum Gasteiger partial charge on any atom is -0.383 e. The molecule has 1 unspecified atom stereocenters. The van der Waals surface area contributed by atoms with Gasteiger partial charge in [0, 0.05) is 0 Å². The zero-order valence-corrected chi connectivity index (χ0v) is 12.4. The number of nitrogens with two attached hydrogens (primary N) is 1. The maximum Gasteiger partial charge on any atom is 0.141 e. The van der Waals surface area contributed by atoms with Crippen LogP contribution in [0.3, 0.4) is 0 Å². The standard InChI is InChI=1S/C15H20ClN3/c1-10(2)9-13(12-7-5-4-6-8-12)19-15(17)14(16)11(3)18-19/h4-8,10,13H,9,17H2,1-3H3. The van der Waals surface area contributed by atoms with E-state index in [1.165, 1.54) is 5.56 Å². The van der Waals surface area contributed by atoms with Gasteiger partial charge in [-0.15, -0.1) is 0 Å². The molecule has 0 bridgehead atoms. The van der Waals surface area contributed by atoms with E-state index in [0.717, 1.165) is 12.1 Å². The van der Waals surface area contributed by atoms with E-state index in [-0.39, 0.29) is 6.04 Å². The minimum atomic E-state index is 0.132. The zero-order valence-electron chi connectivity index (χ0n) is 11.6. The van der Waals surface area contributed by atoms with Gasteiger partial charge in [0.2, 0.25) is 0 Å². The Hall–Kier alpha value is -1.48. The van der Waals surface area contributed by atoms with Crippen LogP contribution < -0.4 is 5.73 Å². The smallest absolute Gasteiger partial charge is 0.141 e.